The third kappa shape index (κ3) is 4.25. The molecule has 1 saturated heterocycles. The zero-order valence-corrected chi connectivity index (χ0v) is 12.5. The fourth-order valence-electron chi connectivity index (χ4n) is 2.46. The number of benzene rings is 1. The summed E-state index contributed by atoms with van der Waals surface area (Å²) in [6, 6.07) is 3.32. The molecule has 0 saturated carbocycles. The Labute approximate surface area is 124 Å². The van der Waals surface area contributed by atoms with E-state index in [1.165, 1.54) is 0 Å². The third-order valence-corrected chi connectivity index (χ3v) is 3.96. The van der Waals surface area contributed by atoms with Crippen LogP contribution >= 0.6 is 23.2 Å². The van der Waals surface area contributed by atoms with Crippen molar-refractivity contribution in [2.75, 3.05) is 26.8 Å². The highest BCUT2D eigenvalue weighted by molar-refractivity contribution is 6.35. The molecule has 1 aromatic rings. The number of halogens is 2. The number of rotatable bonds is 4. The molecule has 0 amide bonds. The first-order chi connectivity index (χ1) is 9.06. The van der Waals surface area contributed by atoms with Gasteiger partial charge in [-0.05, 0) is 37.9 Å². The fraction of sp³-hybridized carbons (Fsp3) is 0.571. The maximum atomic E-state index is 9.94. The second-order valence-corrected chi connectivity index (χ2v) is 5.99. The fourth-order valence-corrected chi connectivity index (χ4v) is 3.00. The Hall–Kier alpha value is -0.480. The van der Waals surface area contributed by atoms with E-state index in [0.29, 0.717) is 22.5 Å². The smallest absolute Gasteiger partial charge is 0.138 e. The van der Waals surface area contributed by atoms with E-state index < -0.39 is 0 Å². The van der Waals surface area contributed by atoms with Gasteiger partial charge in [0.2, 0.25) is 0 Å². The molecule has 3 nitrogen and oxygen atoms in total. The number of nitrogens with zero attached hydrogens (tertiary/aromatic N) is 1. The van der Waals surface area contributed by atoms with Gasteiger partial charge >= 0.3 is 0 Å². The largest absolute Gasteiger partial charge is 0.506 e. The van der Waals surface area contributed by atoms with Crippen LogP contribution in [0.2, 0.25) is 10.0 Å². The molecular weight excluding hydrogens is 285 g/mol. The molecule has 0 bridgehead atoms. The van der Waals surface area contributed by atoms with E-state index in [-0.39, 0.29) is 5.75 Å². The molecule has 5 heteroatoms. The van der Waals surface area contributed by atoms with Crippen LogP contribution in [0.3, 0.4) is 0 Å². The highest BCUT2D eigenvalue weighted by Crippen LogP contribution is 2.32. The standard InChI is InChI=1S/C14H19Cl2NO2/c1-17(8-10-2-4-19-5-3-10)9-11-6-12(15)7-13(16)14(11)18/h6-7,10,18H,2-5,8-9H2,1H3. The van der Waals surface area contributed by atoms with Crippen molar-refractivity contribution in [3.8, 4) is 5.75 Å². The third-order valence-electron chi connectivity index (χ3n) is 3.46. The lowest BCUT2D eigenvalue weighted by Gasteiger charge is -2.27. The minimum Gasteiger partial charge on any atom is -0.506 e. The van der Waals surface area contributed by atoms with Crippen molar-refractivity contribution in [2.45, 2.75) is 19.4 Å². The summed E-state index contributed by atoms with van der Waals surface area (Å²) < 4.78 is 5.36. The Morgan fingerprint density at radius 3 is 2.68 bits per heavy atom. The van der Waals surface area contributed by atoms with Gasteiger partial charge in [0.15, 0.2) is 0 Å². The van der Waals surface area contributed by atoms with Gasteiger partial charge in [-0.25, -0.2) is 0 Å². The van der Waals surface area contributed by atoms with E-state index in [1.807, 2.05) is 7.05 Å². The van der Waals surface area contributed by atoms with Gasteiger partial charge in [0.05, 0.1) is 5.02 Å². The minimum absolute atomic E-state index is 0.130. The van der Waals surface area contributed by atoms with Crippen LogP contribution in [-0.4, -0.2) is 36.8 Å². The Morgan fingerprint density at radius 2 is 2.00 bits per heavy atom. The van der Waals surface area contributed by atoms with Crippen molar-refractivity contribution in [3.63, 3.8) is 0 Å². The van der Waals surface area contributed by atoms with E-state index in [0.717, 1.165) is 38.2 Å². The molecule has 1 heterocycles. The SMILES string of the molecule is CN(Cc1cc(Cl)cc(Cl)c1O)CC1CCOCC1. The lowest BCUT2D eigenvalue weighted by Crippen LogP contribution is -2.29. The molecule has 0 unspecified atom stereocenters. The number of hydrogen-bond donors (Lipinski definition) is 1. The molecule has 1 aromatic carbocycles. The molecule has 0 radical (unpaired) electrons. The van der Waals surface area contributed by atoms with Crippen molar-refractivity contribution in [3.05, 3.63) is 27.7 Å². The van der Waals surface area contributed by atoms with Crippen LogP contribution in [0.25, 0.3) is 0 Å². The molecule has 0 spiro atoms. The maximum Gasteiger partial charge on any atom is 0.138 e. The Kier molecular flexibility index (Phi) is 5.34. The molecule has 0 atom stereocenters. The highest BCUT2D eigenvalue weighted by Gasteiger charge is 2.17. The number of hydrogen-bond acceptors (Lipinski definition) is 3. The second kappa shape index (κ2) is 6.80. The molecule has 0 aromatic heterocycles. The van der Waals surface area contributed by atoms with Crippen LogP contribution in [0.15, 0.2) is 12.1 Å². The first-order valence-corrected chi connectivity index (χ1v) is 7.25. The van der Waals surface area contributed by atoms with Crippen LogP contribution < -0.4 is 0 Å². The first kappa shape index (κ1) is 14.9. The minimum atomic E-state index is 0.130. The van der Waals surface area contributed by atoms with Gasteiger partial charge in [0.1, 0.15) is 5.75 Å². The predicted molar refractivity (Wildman–Crippen MR) is 78.0 cm³/mol. The molecule has 1 fully saturated rings. The quantitative estimate of drug-likeness (QED) is 0.923. The molecule has 2 rings (SSSR count). The van der Waals surface area contributed by atoms with Crippen LogP contribution in [0, 0.1) is 5.92 Å². The lowest BCUT2D eigenvalue weighted by molar-refractivity contribution is 0.0549. The summed E-state index contributed by atoms with van der Waals surface area (Å²) in [5.74, 6) is 0.792. The maximum absolute atomic E-state index is 9.94. The molecule has 19 heavy (non-hydrogen) atoms. The topological polar surface area (TPSA) is 32.7 Å². The number of aromatic hydroxyl groups is 1. The van der Waals surface area contributed by atoms with Gasteiger partial charge < -0.3 is 14.7 Å². The van der Waals surface area contributed by atoms with Crippen LogP contribution in [0.4, 0.5) is 0 Å². The summed E-state index contributed by atoms with van der Waals surface area (Å²) in [5, 5.41) is 10.8. The summed E-state index contributed by atoms with van der Waals surface area (Å²) in [5.41, 5.74) is 0.770. The highest BCUT2D eigenvalue weighted by atomic mass is 35.5. The van der Waals surface area contributed by atoms with Gasteiger partial charge in [-0.3, -0.25) is 0 Å². The van der Waals surface area contributed by atoms with E-state index in [4.69, 9.17) is 27.9 Å². The molecule has 1 N–H and O–H groups in total. The summed E-state index contributed by atoms with van der Waals surface area (Å²) in [6.45, 7) is 3.34. The van der Waals surface area contributed by atoms with Gasteiger partial charge in [-0.15, -0.1) is 0 Å². The average molecular weight is 304 g/mol. The van der Waals surface area contributed by atoms with Crippen LogP contribution in [0.5, 0.6) is 5.75 Å². The van der Waals surface area contributed by atoms with Crippen molar-refractivity contribution < 1.29 is 9.84 Å². The van der Waals surface area contributed by atoms with E-state index in [9.17, 15) is 5.11 Å². The van der Waals surface area contributed by atoms with Gasteiger partial charge in [0.25, 0.3) is 0 Å². The lowest BCUT2D eigenvalue weighted by atomic mass is 9.99. The van der Waals surface area contributed by atoms with Crippen molar-refractivity contribution >= 4 is 23.2 Å². The van der Waals surface area contributed by atoms with Crippen molar-refractivity contribution in [2.24, 2.45) is 5.92 Å². The molecule has 0 aliphatic carbocycles. The summed E-state index contributed by atoms with van der Waals surface area (Å²) >= 11 is 11.9. The van der Waals surface area contributed by atoms with Crippen LogP contribution in [-0.2, 0) is 11.3 Å². The zero-order valence-electron chi connectivity index (χ0n) is 11.0. The Balaban J connectivity index is 1.96. The van der Waals surface area contributed by atoms with Crippen molar-refractivity contribution in [1.82, 2.24) is 4.90 Å². The summed E-state index contributed by atoms with van der Waals surface area (Å²) in [7, 11) is 2.05. The van der Waals surface area contributed by atoms with Crippen molar-refractivity contribution in [1.29, 1.82) is 0 Å². The molecule has 1 aliphatic rings. The summed E-state index contributed by atoms with van der Waals surface area (Å²) in [6.07, 6.45) is 2.21. The van der Waals surface area contributed by atoms with E-state index in [2.05, 4.69) is 4.90 Å². The van der Waals surface area contributed by atoms with Gasteiger partial charge in [0, 0.05) is 36.9 Å². The predicted octanol–water partition coefficient (Wildman–Crippen LogP) is 3.56. The average Bonchev–Trinajstić information content (AvgIpc) is 2.36. The second-order valence-electron chi connectivity index (χ2n) is 5.15. The zero-order chi connectivity index (χ0) is 13.8. The Morgan fingerprint density at radius 1 is 1.32 bits per heavy atom. The molecular formula is C14H19Cl2NO2. The number of phenols is 1. The van der Waals surface area contributed by atoms with E-state index in [1.54, 1.807) is 12.1 Å². The normalized spacial score (nSPS) is 17.1. The number of ether oxygens (including phenoxy) is 1. The van der Waals surface area contributed by atoms with Crippen LogP contribution in [0.1, 0.15) is 18.4 Å². The molecule has 106 valence electrons. The summed E-state index contributed by atoms with van der Waals surface area (Å²) in [4.78, 5) is 2.19. The van der Waals surface area contributed by atoms with E-state index >= 15 is 0 Å². The number of phenolic OH excluding ortho intramolecular Hbond substituents is 1. The molecule has 1 aliphatic heterocycles. The Bertz CT molecular complexity index is 434. The van der Waals surface area contributed by atoms with Gasteiger partial charge in [-0.1, -0.05) is 23.2 Å². The van der Waals surface area contributed by atoms with Gasteiger partial charge in [-0.2, -0.15) is 0 Å². The monoisotopic (exact) mass is 303 g/mol. The first-order valence-electron chi connectivity index (χ1n) is 6.49.